The zero-order valence-electron chi connectivity index (χ0n) is 18.0. The molecule has 31 heavy (non-hydrogen) atoms. The van der Waals surface area contributed by atoms with E-state index >= 15 is 0 Å². The van der Waals surface area contributed by atoms with E-state index in [1.54, 1.807) is 14.2 Å². The van der Waals surface area contributed by atoms with Crippen LogP contribution in [-0.2, 0) is 31.0 Å². The first-order chi connectivity index (χ1) is 14.8. The summed E-state index contributed by atoms with van der Waals surface area (Å²) in [5.74, 6) is 1.61. The van der Waals surface area contributed by atoms with E-state index in [2.05, 4.69) is 52.0 Å². The molecule has 0 bridgehead atoms. The minimum atomic E-state index is 0. The molecule has 0 saturated heterocycles. The lowest BCUT2D eigenvalue weighted by Crippen LogP contribution is -2.36. The summed E-state index contributed by atoms with van der Waals surface area (Å²) in [6, 6.07) is 26.6. The van der Waals surface area contributed by atoms with Crippen LogP contribution >= 0.6 is 24.0 Å². The number of methoxy groups -OCH3 is 1. The average molecular weight is 531 g/mol. The number of ether oxygens (including phenoxy) is 2. The predicted octanol–water partition coefficient (Wildman–Crippen LogP) is 4.90. The predicted molar refractivity (Wildman–Crippen MR) is 137 cm³/mol. The Morgan fingerprint density at radius 3 is 2.00 bits per heavy atom. The van der Waals surface area contributed by atoms with Crippen molar-refractivity contribution >= 4 is 29.9 Å². The Bertz CT molecular complexity index is 931. The summed E-state index contributed by atoms with van der Waals surface area (Å²) in [6.45, 7) is 2.56. The third-order valence-corrected chi connectivity index (χ3v) is 4.73. The number of halogens is 1. The van der Waals surface area contributed by atoms with Gasteiger partial charge in [0.25, 0.3) is 0 Å². The number of nitrogens with zero attached hydrogens (tertiary/aromatic N) is 1. The SMILES string of the molecule is CN=C(NCc1ccc(COCc2ccccc2)cc1)NCc1ccccc1OC.I. The molecule has 0 unspecified atom stereocenters. The number of guanidine groups is 1. The molecule has 6 heteroatoms. The van der Waals surface area contributed by atoms with Crippen LogP contribution in [0.25, 0.3) is 0 Å². The first-order valence-electron chi connectivity index (χ1n) is 10.0. The maximum atomic E-state index is 5.80. The molecule has 0 heterocycles. The van der Waals surface area contributed by atoms with Gasteiger partial charge in [-0.2, -0.15) is 0 Å². The lowest BCUT2D eigenvalue weighted by molar-refractivity contribution is 0.107. The molecule has 0 amide bonds. The summed E-state index contributed by atoms with van der Waals surface area (Å²) in [6.07, 6.45) is 0. The molecule has 0 aromatic heterocycles. The van der Waals surface area contributed by atoms with Crippen molar-refractivity contribution in [3.05, 3.63) is 101 Å². The number of benzene rings is 3. The van der Waals surface area contributed by atoms with Gasteiger partial charge in [0.05, 0.1) is 20.3 Å². The fraction of sp³-hybridized carbons (Fsp3) is 0.240. The molecule has 0 spiro atoms. The van der Waals surface area contributed by atoms with Crippen LogP contribution in [0, 0.1) is 0 Å². The van der Waals surface area contributed by atoms with Gasteiger partial charge in [-0.1, -0.05) is 72.8 Å². The van der Waals surface area contributed by atoms with Crippen LogP contribution in [0.2, 0.25) is 0 Å². The van der Waals surface area contributed by atoms with E-state index in [0.717, 1.165) is 22.8 Å². The van der Waals surface area contributed by atoms with Gasteiger partial charge < -0.3 is 20.1 Å². The van der Waals surface area contributed by atoms with Gasteiger partial charge in [0, 0.05) is 25.7 Å². The fourth-order valence-corrected chi connectivity index (χ4v) is 3.05. The Morgan fingerprint density at radius 1 is 0.742 bits per heavy atom. The normalized spacial score (nSPS) is 10.8. The third-order valence-electron chi connectivity index (χ3n) is 4.73. The van der Waals surface area contributed by atoms with Crippen molar-refractivity contribution in [1.82, 2.24) is 10.6 Å². The van der Waals surface area contributed by atoms with Crippen molar-refractivity contribution in [3.8, 4) is 5.75 Å². The number of rotatable bonds is 9. The highest BCUT2D eigenvalue weighted by Gasteiger charge is 2.04. The summed E-state index contributed by atoms with van der Waals surface area (Å²) in [4.78, 5) is 4.29. The lowest BCUT2D eigenvalue weighted by Gasteiger charge is -2.14. The minimum Gasteiger partial charge on any atom is -0.496 e. The second-order valence-electron chi connectivity index (χ2n) is 6.89. The standard InChI is InChI=1S/C25H29N3O2.HI/c1-26-25(28-17-23-10-6-7-11-24(23)29-2)27-16-20-12-14-22(15-13-20)19-30-18-21-8-4-3-5-9-21;/h3-15H,16-19H2,1-2H3,(H2,26,27,28);1H. The first kappa shape index (κ1) is 24.7. The molecule has 3 aromatic rings. The van der Waals surface area contributed by atoms with Crippen LogP contribution in [-0.4, -0.2) is 20.1 Å². The zero-order valence-corrected chi connectivity index (χ0v) is 20.3. The van der Waals surface area contributed by atoms with Crippen LogP contribution in [0.1, 0.15) is 22.3 Å². The van der Waals surface area contributed by atoms with E-state index in [1.165, 1.54) is 11.1 Å². The number of para-hydroxylation sites is 1. The van der Waals surface area contributed by atoms with Gasteiger partial charge in [0.1, 0.15) is 5.75 Å². The summed E-state index contributed by atoms with van der Waals surface area (Å²) in [5, 5.41) is 6.67. The molecule has 0 aliphatic rings. The maximum Gasteiger partial charge on any atom is 0.191 e. The van der Waals surface area contributed by atoms with Gasteiger partial charge in [-0.25, -0.2) is 0 Å². The van der Waals surface area contributed by atoms with E-state index in [9.17, 15) is 0 Å². The Labute approximate surface area is 201 Å². The first-order valence-corrected chi connectivity index (χ1v) is 10.0. The zero-order chi connectivity index (χ0) is 21.0. The van der Waals surface area contributed by atoms with Gasteiger partial charge in [-0.3, -0.25) is 4.99 Å². The van der Waals surface area contributed by atoms with E-state index in [-0.39, 0.29) is 24.0 Å². The van der Waals surface area contributed by atoms with E-state index in [1.807, 2.05) is 42.5 Å². The molecule has 0 saturated carbocycles. The second kappa shape index (κ2) is 13.7. The average Bonchev–Trinajstić information content (AvgIpc) is 2.81. The molecule has 0 fully saturated rings. The minimum absolute atomic E-state index is 0. The molecule has 5 nitrogen and oxygen atoms in total. The smallest absolute Gasteiger partial charge is 0.191 e. The topological polar surface area (TPSA) is 54.9 Å². The van der Waals surface area contributed by atoms with E-state index in [4.69, 9.17) is 9.47 Å². The van der Waals surface area contributed by atoms with Gasteiger partial charge >= 0.3 is 0 Å². The molecule has 3 aromatic carbocycles. The Hall–Kier alpha value is -2.58. The number of aliphatic imine (C=N–C) groups is 1. The number of hydrogen-bond donors (Lipinski definition) is 2. The summed E-state index contributed by atoms with van der Waals surface area (Å²) in [7, 11) is 3.45. The summed E-state index contributed by atoms with van der Waals surface area (Å²) < 4.78 is 11.2. The monoisotopic (exact) mass is 531 g/mol. The summed E-state index contributed by atoms with van der Waals surface area (Å²) in [5.41, 5.74) is 4.61. The van der Waals surface area contributed by atoms with Crippen LogP contribution in [0.5, 0.6) is 5.75 Å². The maximum absolute atomic E-state index is 5.80. The van der Waals surface area contributed by atoms with E-state index < -0.39 is 0 Å². The largest absolute Gasteiger partial charge is 0.496 e. The molecule has 164 valence electrons. The number of nitrogens with one attached hydrogen (secondary N) is 2. The molecular weight excluding hydrogens is 501 g/mol. The van der Waals surface area contributed by atoms with Crippen molar-refractivity contribution in [1.29, 1.82) is 0 Å². The van der Waals surface area contributed by atoms with Crippen molar-refractivity contribution < 1.29 is 9.47 Å². The molecule has 3 rings (SSSR count). The van der Waals surface area contributed by atoms with Crippen molar-refractivity contribution in [2.75, 3.05) is 14.2 Å². The van der Waals surface area contributed by atoms with Gasteiger partial charge in [-0.15, -0.1) is 24.0 Å². The van der Waals surface area contributed by atoms with Crippen LogP contribution in [0.15, 0.2) is 83.9 Å². The van der Waals surface area contributed by atoms with Gasteiger partial charge in [0.15, 0.2) is 5.96 Å². The Morgan fingerprint density at radius 2 is 1.32 bits per heavy atom. The highest BCUT2D eigenvalue weighted by Crippen LogP contribution is 2.16. The van der Waals surface area contributed by atoms with Crippen molar-refractivity contribution in [2.24, 2.45) is 4.99 Å². The highest BCUT2D eigenvalue weighted by atomic mass is 127. The van der Waals surface area contributed by atoms with Gasteiger partial charge in [0.2, 0.25) is 0 Å². The van der Waals surface area contributed by atoms with E-state index in [0.29, 0.717) is 26.3 Å². The molecule has 2 N–H and O–H groups in total. The third kappa shape index (κ3) is 8.22. The van der Waals surface area contributed by atoms with Gasteiger partial charge in [-0.05, 0) is 22.8 Å². The second-order valence-corrected chi connectivity index (χ2v) is 6.89. The fourth-order valence-electron chi connectivity index (χ4n) is 3.05. The summed E-state index contributed by atoms with van der Waals surface area (Å²) >= 11 is 0. The van der Waals surface area contributed by atoms with Crippen LogP contribution in [0.3, 0.4) is 0 Å². The van der Waals surface area contributed by atoms with Crippen LogP contribution < -0.4 is 15.4 Å². The molecule has 0 radical (unpaired) electrons. The molecule has 0 aliphatic heterocycles. The molecule has 0 aliphatic carbocycles. The number of hydrogen-bond acceptors (Lipinski definition) is 3. The highest BCUT2D eigenvalue weighted by molar-refractivity contribution is 14.0. The molecular formula is C25H30IN3O2. The Kier molecular flexibility index (Phi) is 10.9. The lowest BCUT2D eigenvalue weighted by atomic mass is 10.1. The van der Waals surface area contributed by atoms with Crippen LogP contribution in [0.4, 0.5) is 0 Å². The van der Waals surface area contributed by atoms with Crippen molar-refractivity contribution in [3.63, 3.8) is 0 Å². The quantitative estimate of drug-likeness (QED) is 0.235. The molecule has 0 atom stereocenters. The van der Waals surface area contributed by atoms with Crippen molar-refractivity contribution in [2.45, 2.75) is 26.3 Å². The Balaban J connectivity index is 0.00000341.